The lowest BCUT2D eigenvalue weighted by Gasteiger charge is -2.40. The van der Waals surface area contributed by atoms with Gasteiger partial charge in [0.2, 0.25) is 0 Å². The van der Waals surface area contributed by atoms with Crippen LogP contribution in [-0.4, -0.2) is 36.6 Å². The summed E-state index contributed by atoms with van der Waals surface area (Å²) in [7, 11) is 0. The molecule has 2 aliphatic rings. The van der Waals surface area contributed by atoms with Gasteiger partial charge >= 0.3 is 0 Å². The van der Waals surface area contributed by atoms with Gasteiger partial charge in [0.1, 0.15) is 0 Å². The number of nitrogens with zero attached hydrogens (tertiary/aromatic N) is 1. The highest BCUT2D eigenvalue weighted by Crippen LogP contribution is 2.30. The van der Waals surface area contributed by atoms with Crippen molar-refractivity contribution in [3.05, 3.63) is 22.4 Å². The van der Waals surface area contributed by atoms with Crippen molar-refractivity contribution >= 4 is 11.3 Å². The van der Waals surface area contributed by atoms with Gasteiger partial charge in [-0.1, -0.05) is 19.3 Å². The molecule has 106 valence electrons. The van der Waals surface area contributed by atoms with E-state index in [0.29, 0.717) is 5.54 Å². The van der Waals surface area contributed by atoms with Crippen LogP contribution in [0.1, 0.15) is 44.1 Å². The van der Waals surface area contributed by atoms with E-state index in [2.05, 4.69) is 27.0 Å². The Morgan fingerprint density at radius 3 is 2.89 bits per heavy atom. The lowest BCUT2D eigenvalue weighted by Crippen LogP contribution is -2.52. The molecule has 0 atom stereocenters. The number of nitrogens with one attached hydrogen (secondary N) is 1. The quantitative estimate of drug-likeness (QED) is 0.913. The Morgan fingerprint density at radius 1 is 1.21 bits per heavy atom. The molecule has 0 bridgehead atoms. The Bertz CT molecular complexity index is 368. The second-order valence-electron chi connectivity index (χ2n) is 6.28. The normalized spacial score (nSPS) is 24.4. The largest absolute Gasteiger partial charge is 0.310 e. The van der Waals surface area contributed by atoms with E-state index in [1.807, 2.05) is 11.3 Å². The van der Waals surface area contributed by atoms with Gasteiger partial charge in [-0.25, -0.2) is 0 Å². The second-order valence-corrected chi connectivity index (χ2v) is 7.06. The molecule has 3 rings (SSSR count). The Morgan fingerprint density at radius 2 is 2.11 bits per heavy atom. The van der Waals surface area contributed by atoms with Gasteiger partial charge in [0.25, 0.3) is 0 Å². The van der Waals surface area contributed by atoms with Gasteiger partial charge in [-0.15, -0.1) is 0 Å². The molecule has 2 fully saturated rings. The summed E-state index contributed by atoms with van der Waals surface area (Å²) < 4.78 is 0. The summed E-state index contributed by atoms with van der Waals surface area (Å²) in [6.07, 6.45) is 9.60. The van der Waals surface area contributed by atoms with Gasteiger partial charge in [-0.2, -0.15) is 11.3 Å². The number of hydrogen-bond donors (Lipinski definition) is 1. The molecule has 1 saturated heterocycles. The van der Waals surface area contributed by atoms with Gasteiger partial charge in [0.05, 0.1) is 0 Å². The number of hydrogen-bond acceptors (Lipinski definition) is 3. The van der Waals surface area contributed by atoms with Gasteiger partial charge in [0, 0.05) is 18.6 Å². The highest BCUT2D eigenvalue weighted by atomic mass is 32.1. The van der Waals surface area contributed by atoms with Gasteiger partial charge in [-0.05, 0) is 61.2 Å². The zero-order chi connectivity index (χ0) is 13.0. The van der Waals surface area contributed by atoms with E-state index >= 15 is 0 Å². The van der Waals surface area contributed by atoms with E-state index in [1.165, 1.54) is 76.7 Å². The predicted molar refractivity (Wildman–Crippen MR) is 82.9 cm³/mol. The second kappa shape index (κ2) is 6.38. The summed E-state index contributed by atoms with van der Waals surface area (Å²) >= 11 is 1.82. The van der Waals surface area contributed by atoms with Crippen molar-refractivity contribution in [3.8, 4) is 0 Å². The van der Waals surface area contributed by atoms with E-state index in [9.17, 15) is 0 Å². The monoisotopic (exact) mass is 278 g/mol. The van der Waals surface area contributed by atoms with E-state index < -0.39 is 0 Å². The minimum absolute atomic E-state index is 0.448. The molecule has 1 spiro atoms. The average molecular weight is 278 g/mol. The summed E-state index contributed by atoms with van der Waals surface area (Å²) in [5.74, 6) is 0. The van der Waals surface area contributed by atoms with Crippen molar-refractivity contribution in [1.82, 2.24) is 10.2 Å². The number of rotatable bonds is 3. The Labute approximate surface area is 121 Å². The first-order valence-corrected chi connectivity index (χ1v) is 8.79. The Balaban J connectivity index is 1.57. The Kier molecular flexibility index (Phi) is 4.57. The van der Waals surface area contributed by atoms with Crippen molar-refractivity contribution in [3.63, 3.8) is 0 Å². The lowest BCUT2D eigenvalue weighted by atomic mass is 9.81. The van der Waals surface area contributed by atoms with E-state index in [1.54, 1.807) is 0 Å². The zero-order valence-corrected chi connectivity index (χ0v) is 12.7. The van der Waals surface area contributed by atoms with Crippen molar-refractivity contribution < 1.29 is 0 Å². The fraction of sp³-hybridized carbons (Fsp3) is 0.750. The first-order valence-electron chi connectivity index (χ1n) is 7.85. The fourth-order valence-corrected chi connectivity index (χ4v) is 4.40. The molecule has 1 aliphatic heterocycles. The van der Waals surface area contributed by atoms with E-state index in [-0.39, 0.29) is 0 Å². The molecule has 0 unspecified atom stereocenters. The molecule has 1 N–H and O–H groups in total. The van der Waals surface area contributed by atoms with Crippen molar-refractivity contribution in [2.75, 3.05) is 26.2 Å². The van der Waals surface area contributed by atoms with E-state index in [4.69, 9.17) is 0 Å². The standard InChI is InChI=1S/C16H26N2S/c1-2-7-16(8-3-1)14-18(10-4-9-17-16)11-5-15-6-12-19-13-15/h6,12-13,17H,1-5,7-11,14H2. The molecule has 2 nitrogen and oxygen atoms in total. The van der Waals surface area contributed by atoms with Gasteiger partial charge in [-0.3, -0.25) is 0 Å². The summed E-state index contributed by atoms with van der Waals surface area (Å²) in [4.78, 5) is 2.71. The summed E-state index contributed by atoms with van der Waals surface area (Å²) in [5, 5.41) is 8.37. The molecule has 0 radical (unpaired) electrons. The van der Waals surface area contributed by atoms with Crippen LogP contribution in [0.2, 0.25) is 0 Å². The topological polar surface area (TPSA) is 15.3 Å². The molecular weight excluding hydrogens is 252 g/mol. The molecule has 0 amide bonds. The smallest absolute Gasteiger partial charge is 0.0308 e. The SMILES string of the molecule is c1cc(CCN2CCCNC3(CCCCC3)C2)cs1. The molecular formula is C16H26N2S. The maximum atomic E-state index is 3.88. The van der Waals surface area contributed by atoms with Gasteiger partial charge in [0.15, 0.2) is 0 Å². The fourth-order valence-electron chi connectivity index (χ4n) is 3.70. The molecule has 1 saturated carbocycles. The van der Waals surface area contributed by atoms with Crippen LogP contribution >= 0.6 is 11.3 Å². The van der Waals surface area contributed by atoms with Crippen LogP contribution in [0.25, 0.3) is 0 Å². The van der Waals surface area contributed by atoms with Crippen molar-refractivity contribution in [1.29, 1.82) is 0 Å². The van der Waals surface area contributed by atoms with E-state index in [0.717, 1.165) is 0 Å². The average Bonchev–Trinajstić information content (AvgIpc) is 2.88. The van der Waals surface area contributed by atoms with Crippen LogP contribution in [0, 0.1) is 0 Å². The minimum atomic E-state index is 0.448. The predicted octanol–water partition coefficient (Wildman–Crippen LogP) is 3.29. The summed E-state index contributed by atoms with van der Waals surface area (Å²) in [5.41, 5.74) is 1.96. The summed E-state index contributed by atoms with van der Waals surface area (Å²) in [6.45, 7) is 5.01. The van der Waals surface area contributed by atoms with Gasteiger partial charge < -0.3 is 10.2 Å². The van der Waals surface area contributed by atoms with Crippen LogP contribution in [0.4, 0.5) is 0 Å². The van der Waals surface area contributed by atoms with Crippen LogP contribution in [0.5, 0.6) is 0 Å². The minimum Gasteiger partial charge on any atom is -0.310 e. The lowest BCUT2D eigenvalue weighted by molar-refractivity contribution is 0.165. The highest BCUT2D eigenvalue weighted by Gasteiger charge is 2.34. The molecule has 1 aromatic heterocycles. The van der Waals surface area contributed by atoms with Crippen molar-refractivity contribution in [2.45, 2.75) is 50.5 Å². The maximum Gasteiger partial charge on any atom is 0.0308 e. The Hall–Kier alpha value is -0.380. The molecule has 2 heterocycles. The van der Waals surface area contributed by atoms with Crippen LogP contribution in [0.3, 0.4) is 0 Å². The van der Waals surface area contributed by atoms with Crippen LogP contribution in [-0.2, 0) is 6.42 Å². The molecule has 1 aliphatic carbocycles. The summed E-state index contributed by atoms with van der Waals surface area (Å²) in [6, 6.07) is 2.27. The first kappa shape index (κ1) is 13.6. The van der Waals surface area contributed by atoms with Crippen LogP contribution in [0.15, 0.2) is 16.8 Å². The third-order valence-electron chi connectivity index (χ3n) is 4.78. The molecule has 3 heteroatoms. The highest BCUT2D eigenvalue weighted by molar-refractivity contribution is 7.07. The maximum absolute atomic E-state index is 3.88. The third kappa shape index (κ3) is 3.59. The third-order valence-corrected chi connectivity index (χ3v) is 5.52. The van der Waals surface area contributed by atoms with Crippen molar-refractivity contribution in [2.24, 2.45) is 0 Å². The molecule has 0 aromatic carbocycles. The number of thiophene rings is 1. The zero-order valence-electron chi connectivity index (χ0n) is 11.9. The van der Waals surface area contributed by atoms with Crippen LogP contribution < -0.4 is 5.32 Å². The first-order chi connectivity index (χ1) is 9.36. The molecule has 19 heavy (non-hydrogen) atoms. The molecule has 1 aromatic rings.